The van der Waals surface area contributed by atoms with Crippen molar-refractivity contribution in [2.45, 2.75) is 18.9 Å². The van der Waals surface area contributed by atoms with Crippen LogP contribution in [0.1, 0.15) is 23.9 Å². The molecule has 1 aliphatic heterocycles. The van der Waals surface area contributed by atoms with Crippen LogP contribution in [0.25, 0.3) is 11.0 Å². The molecule has 2 aromatic carbocycles. The fourth-order valence-corrected chi connectivity index (χ4v) is 2.67. The van der Waals surface area contributed by atoms with E-state index in [9.17, 15) is 4.39 Å². The number of nitrogens with zero attached hydrogens (tertiary/aromatic N) is 1. The summed E-state index contributed by atoms with van der Waals surface area (Å²) in [5, 5.41) is 0. The van der Waals surface area contributed by atoms with Gasteiger partial charge in [-0.3, -0.25) is 0 Å². The van der Waals surface area contributed by atoms with Crippen LogP contribution >= 0.6 is 0 Å². The van der Waals surface area contributed by atoms with Gasteiger partial charge in [0, 0.05) is 0 Å². The summed E-state index contributed by atoms with van der Waals surface area (Å²) in [5.41, 5.74) is 2.88. The lowest BCUT2D eigenvalue weighted by Crippen LogP contribution is -2.16. The average Bonchev–Trinajstić information content (AvgIpc) is 2.90. The minimum Gasteiger partial charge on any atom is -0.482 e. The molecule has 100 valence electrons. The minimum absolute atomic E-state index is 0.0969. The molecule has 1 unspecified atom stereocenters. The molecule has 3 nitrogen and oxygen atoms in total. The minimum atomic E-state index is -0.213. The number of aromatic amines is 1. The Morgan fingerprint density at radius 3 is 3.00 bits per heavy atom. The third-order valence-corrected chi connectivity index (χ3v) is 3.68. The van der Waals surface area contributed by atoms with Crippen LogP contribution in [0.15, 0.2) is 42.5 Å². The van der Waals surface area contributed by atoms with Gasteiger partial charge in [-0.2, -0.15) is 0 Å². The van der Waals surface area contributed by atoms with Crippen molar-refractivity contribution in [1.82, 2.24) is 9.97 Å². The van der Waals surface area contributed by atoms with Crippen molar-refractivity contribution in [3.8, 4) is 5.75 Å². The number of para-hydroxylation sites is 2. The van der Waals surface area contributed by atoms with Gasteiger partial charge in [-0.1, -0.05) is 12.1 Å². The molecule has 1 atom stereocenters. The van der Waals surface area contributed by atoms with Crippen molar-refractivity contribution in [3.05, 3.63) is 59.7 Å². The van der Waals surface area contributed by atoms with Gasteiger partial charge in [0.15, 0.2) is 6.10 Å². The van der Waals surface area contributed by atoms with E-state index in [4.69, 9.17) is 4.74 Å². The van der Waals surface area contributed by atoms with Crippen LogP contribution in [0, 0.1) is 5.82 Å². The highest BCUT2D eigenvalue weighted by Crippen LogP contribution is 2.34. The second-order valence-electron chi connectivity index (χ2n) is 5.04. The van der Waals surface area contributed by atoms with Crippen LogP contribution in [0.5, 0.6) is 5.75 Å². The number of ether oxygens (including phenoxy) is 1. The predicted molar refractivity (Wildman–Crippen MR) is 74.2 cm³/mol. The lowest BCUT2D eigenvalue weighted by atomic mass is 10.0. The lowest BCUT2D eigenvalue weighted by molar-refractivity contribution is 0.168. The van der Waals surface area contributed by atoms with Gasteiger partial charge in [-0.25, -0.2) is 9.37 Å². The molecule has 0 spiro atoms. The van der Waals surface area contributed by atoms with Gasteiger partial charge >= 0.3 is 0 Å². The third kappa shape index (κ3) is 1.84. The largest absolute Gasteiger partial charge is 0.482 e. The van der Waals surface area contributed by atoms with Crippen LogP contribution in [0.2, 0.25) is 0 Å². The van der Waals surface area contributed by atoms with E-state index in [0.29, 0.717) is 0 Å². The molecule has 1 aliphatic rings. The molecule has 0 radical (unpaired) electrons. The van der Waals surface area contributed by atoms with Crippen LogP contribution in [0.4, 0.5) is 4.39 Å². The Labute approximate surface area is 115 Å². The molecule has 2 heterocycles. The van der Waals surface area contributed by atoms with Crippen molar-refractivity contribution in [1.29, 1.82) is 0 Å². The van der Waals surface area contributed by atoms with E-state index in [1.165, 1.54) is 6.07 Å². The molecule has 20 heavy (non-hydrogen) atoms. The van der Waals surface area contributed by atoms with Crippen LogP contribution in [-0.4, -0.2) is 9.97 Å². The molecule has 0 amide bonds. The normalized spacial score (nSPS) is 17.8. The number of rotatable bonds is 1. The zero-order chi connectivity index (χ0) is 13.5. The van der Waals surface area contributed by atoms with E-state index < -0.39 is 0 Å². The van der Waals surface area contributed by atoms with E-state index in [1.54, 1.807) is 12.1 Å². The number of halogens is 1. The lowest BCUT2D eigenvalue weighted by Gasteiger charge is -2.24. The maximum Gasteiger partial charge on any atom is 0.156 e. The van der Waals surface area contributed by atoms with Gasteiger partial charge in [0.2, 0.25) is 0 Å². The predicted octanol–water partition coefficient (Wildman–Crippen LogP) is 3.77. The summed E-state index contributed by atoms with van der Waals surface area (Å²) in [7, 11) is 0. The maximum absolute atomic E-state index is 13.2. The van der Waals surface area contributed by atoms with Gasteiger partial charge in [0.05, 0.1) is 11.0 Å². The number of imidazole rings is 1. The summed E-state index contributed by atoms with van der Waals surface area (Å²) < 4.78 is 19.1. The van der Waals surface area contributed by atoms with E-state index in [2.05, 4.69) is 9.97 Å². The Kier molecular flexibility index (Phi) is 2.49. The smallest absolute Gasteiger partial charge is 0.156 e. The molecule has 0 saturated heterocycles. The first-order valence-electron chi connectivity index (χ1n) is 6.69. The highest BCUT2D eigenvalue weighted by atomic mass is 19.1. The second-order valence-corrected chi connectivity index (χ2v) is 5.04. The zero-order valence-corrected chi connectivity index (χ0v) is 10.8. The number of aromatic nitrogens is 2. The van der Waals surface area contributed by atoms with Gasteiger partial charge < -0.3 is 9.72 Å². The van der Waals surface area contributed by atoms with Gasteiger partial charge in [0.25, 0.3) is 0 Å². The topological polar surface area (TPSA) is 37.9 Å². The Hall–Kier alpha value is -2.36. The molecule has 4 heteroatoms. The number of benzene rings is 2. The van der Waals surface area contributed by atoms with Crippen molar-refractivity contribution in [3.63, 3.8) is 0 Å². The third-order valence-electron chi connectivity index (χ3n) is 3.68. The average molecular weight is 268 g/mol. The first-order chi connectivity index (χ1) is 9.79. The summed E-state index contributed by atoms with van der Waals surface area (Å²) >= 11 is 0. The highest BCUT2D eigenvalue weighted by molar-refractivity contribution is 5.74. The van der Waals surface area contributed by atoms with Crippen LogP contribution in [-0.2, 0) is 6.42 Å². The molecular formula is C16H13FN2O. The SMILES string of the molecule is Fc1ccc2c(c1)CCC(c1nc3ccccc3[nH]1)O2. The van der Waals surface area contributed by atoms with E-state index in [-0.39, 0.29) is 11.9 Å². The number of fused-ring (bicyclic) bond motifs is 2. The van der Waals surface area contributed by atoms with Crippen molar-refractivity contribution in [2.24, 2.45) is 0 Å². The number of hydrogen-bond donors (Lipinski definition) is 1. The van der Waals surface area contributed by atoms with Crippen molar-refractivity contribution >= 4 is 11.0 Å². The number of nitrogens with one attached hydrogen (secondary N) is 1. The van der Waals surface area contributed by atoms with Gasteiger partial charge in [0.1, 0.15) is 17.4 Å². The van der Waals surface area contributed by atoms with E-state index >= 15 is 0 Å². The Morgan fingerprint density at radius 2 is 2.10 bits per heavy atom. The summed E-state index contributed by atoms with van der Waals surface area (Å²) in [6, 6.07) is 12.6. The molecule has 0 bridgehead atoms. The van der Waals surface area contributed by atoms with Crippen LogP contribution in [0.3, 0.4) is 0 Å². The quantitative estimate of drug-likeness (QED) is 0.729. The molecular weight excluding hydrogens is 255 g/mol. The standard InChI is InChI=1S/C16H13FN2O/c17-11-6-8-14-10(9-11)5-7-15(20-14)16-18-12-3-1-2-4-13(12)19-16/h1-4,6,8-9,15H,5,7H2,(H,18,19). The summed E-state index contributed by atoms with van der Waals surface area (Å²) in [6.07, 6.45) is 1.51. The molecule has 3 aromatic rings. The highest BCUT2D eigenvalue weighted by Gasteiger charge is 2.24. The molecule has 0 saturated carbocycles. The summed E-state index contributed by atoms with van der Waals surface area (Å²) in [4.78, 5) is 7.87. The van der Waals surface area contributed by atoms with Crippen molar-refractivity contribution in [2.75, 3.05) is 0 Å². The summed E-state index contributed by atoms with van der Waals surface area (Å²) in [6.45, 7) is 0. The Bertz CT molecular complexity index is 748. The number of H-pyrrole nitrogens is 1. The zero-order valence-electron chi connectivity index (χ0n) is 10.8. The van der Waals surface area contributed by atoms with E-state index in [1.807, 2.05) is 24.3 Å². The van der Waals surface area contributed by atoms with Gasteiger partial charge in [-0.15, -0.1) is 0 Å². The van der Waals surface area contributed by atoms with Crippen LogP contribution < -0.4 is 4.74 Å². The van der Waals surface area contributed by atoms with Crippen molar-refractivity contribution < 1.29 is 9.13 Å². The number of hydrogen-bond acceptors (Lipinski definition) is 2. The van der Waals surface area contributed by atoms with Gasteiger partial charge in [-0.05, 0) is 48.7 Å². The van der Waals surface area contributed by atoms with E-state index in [0.717, 1.165) is 41.0 Å². The molecule has 1 N–H and O–H groups in total. The first-order valence-corrected chi connectivity index (χ1v) is 6.69. The maximum atomic E-state index is 13.2. The summed E-state index contributed by atoms with van der Waals surface area (Å²) in [5.74, 6) is 1.37. The second kappa shape index (κ2) is 4.34. The number of aryl methyl sites for hydroxylation is 1. The molecule has 0 fully saturated rings. The first kappa shape index (κ1) is 11.5. The molecule has 4 rings (SSSR count). The molecule has 1 aromatic heterocycles. The molecule has 0 aliphatic carbocycles. The fraction of sp³-hybridized carbons (Fsp3) is 0.188. The monoisotopic (exact) mass is 268 g/mol. The Morgan fingerprint density at radius 1 is 1.20 bits per heavy atom. The Balaban J connectivity index is 1.69. The fourth-order valence-electron chi connectivity index (χ4n) is 2.67.